The maximum absolute atomic E-state index is 12.9. The Bertz CT molecular complexity index is 896. The van der Waals surface area contributed by atoms with Gasteiger partial charge in [-0.15, -0.1) is 0 Å². The summed E-state index contributed by atoms with van der Waals surface area (Å²) in [5.74, 6) is -0.491. The lowest BCUT2D eigenvalue weighted by Gasteiger charge is -2.33. The first-order chi connectivity index (χ1) is 16.3. The highest BCUT2D eigenvalue weighted by Crippen LogP contribution is 2.39. The fourth-order valence-corrected chi connectivity index (χ4v) is 5.32. The molecule has 1 saturated carbocycles. The molecule has 2 rings (SSSR count). The van der Waals surface area contributed by atoms with Gasteiger partial charge in [-0.05, 0) is 70.0 Å². The number of nitrogens with zero attached hydrogens (tertiary/aromatic N) is 2. The molecule has 1 fully saturated rings. The van der Waals surface area contributed by atoms with E-state index in [1.54, 1.807) is 19.1 Å². The first kappa shape index (κ1) is 29.7. The summed E-state index contributed by atoms with van der Waals surface area (Å²) in [5, 5.41) is 6.89. The lowest BCUT2D eigenvalue weighted by molar-refractivity contribution is -0.183. The number of hydrogen-bond acceptors (Lipinski definition) is 6. The molecule has 0 amide bonds. The number of sulfone groups is 1. The maximum Gasteiger partial charge on any atom is 0.391 e. The molecule has 3 atom stereocenters. The molecule has 1 aliphatic carbocycles. The number of halogens is 3. The van der Waals surface area contributed by atoms with Crippen LogP contribution in [0.5, 0.6) is 0 Å². The zero-order chi connectivity index (χ0) is 26.2. The summed E-state index contributed by atoms with van der Waals surface area (Å²) in [6, 6.07) is 3.43. The predicted octanol–water partition coefficient (Wildman–Crippen LogP) is 4.80. The summed E-state index contributed by atoms with van der Waals surface area (Å²) < 4.78 is 62.5. The van der Waals surface area contributed by atoms with Gasteiger partial charge in [0.1, 0.15) is 0 Å². The van der Waals surface area contributed by atoms with Crippen LogP contribution >= 0.6 is 0 Å². The molecule has 0 aliphatic heterocycles. The maximum atomic E-state index is 12.9. The molecule has 1 heterocycles. The lowest BCUT2D eigenvalue weighted by Crippen LogP contribution is -2.45. The van der Waals surface area contributed by atoms with Crippen LogP contribution in [0, 0.1) is 17.8 Å². The van der Waals surface area contributed by atoms with E-state index in [-0.39, 0.29) is 47.5 Å². The number of aliphatic imine (C=N–C) groups is 1. The first-order valence-corrected chi connectivity index (χ1v) is 14.2. The lowest BCUT2D eigenvalue weighted by atomic mass is 9.81. The van der Waals surface area contributed by atoms with Gasteiger partial charge < -0.3 is 10.6 Å². The fraction of sp³-hybridized carbons (Fsp3) is 0.760. The van der Waals surface area contributed by atoms with Crippen molar-refractivity contribution in [3.8, 4) is 0 Å². The van der Waals surface area contributed by atoms with Crippen LogP contribution in [-0.2, 0) is 16.4 Å². The van der Waals surface area contributed by atoms with Crippen LogP contribution in [0.1, 0.15) is 66.0 Å². The number of alkyl halides is 3. The quantitative estimate of drug-likeness (QED) is 0.389. The zero-order valence-corrected chi connectivity index (χ0v) is 22.3. The minimum Gasteiger partial charge on any atom is -0.311 e. The molecule has 2 unspecified atom stereocenters. The van der Waals surface area contributed by atoms with E-state index in [9.17, 15) is 21.6 Å². The monoisotopic (exact) mass is 518 g/mol. The first-order valence-electron chi connectivity index (χ1n) is 12.6. The Hall–Kier alpha value is -1.52. The summed E-state index contributed by atoms with van der Waals surface area (Å²) in [6.07, 6.45) is 0.871. The van der Waals surface area contributed by atoms with Crippen molar-refractivity contribution in [3.63, 3.8) is 0 Å². The summed E-state index contributed by atoms with van der Waals surface area (Å²) in [5.41, 5.74) is 0.746. The number of nitrogens with one attached hydrogen (secondary N) is 2. The van der Waals surface area contributed by atoms with Gasteiger partial charge in [0.25, 0.3) is 0 Å². The molecular formula is C25H41F3N4O2S. The van der Waals surface area contributed by atoms with E-state index in [0.29, 0.717) is 25.3 Å². The van der Waals surface area contributed by atoms with Crippen molar-refractivity contribution in [2.75, 3.05) is 12.3 Å². The summed E-state index contributed by atoms with van der Waals surface area (Å²) >= 11 is 0. The van der Waals surface area contributed by atoms with Gasteiger partial charge in [0.2, 0.25) is 0 Å². The normalized spacial score (nSPS) is 22.4. The van der Waals surface area contributed by atoms with E-state index in [1.165, 1.54) is 6.20 Å². The van der Waals surface area contributed by atoms with Crippen molar-refractivity contribution in [1.82, 2.24) is 15.6 Å². The van der Waals surface area contributed by atoms with E-state index in [1.807, 2.05) is 13.1 Å². The number of rotatable bonds is 12. The largest absolute Gasteiger partial charge is 0.391 e. The molecule has 0 radical (unpaired) electrons. The van der Waals surface area contributed by atoms with Crippen molar-refractivity contribution >= 4 is 16.1 Å². The average molecular weight is 519 g/mol. The Kier molecular flexibility index (Phi) is 11.2. The third kappa shape index (κ3) is 9.46. The highest BCUT2D eigenvalue weighted by Gasteiger charge is 2.41. The Balaban J connectivity index is 1.81. The molecular weight excluding hydrogens is 477 g/mol. The Labute approximate surface area is 208 Å². The second-order valence-electron chi connectivity index (χ2n) is 10.0. The van der Waals surface area contributed by atoms with Gasteiger partial charge >= 0.3 is 6.18 Å². The molecule has 1 aliphatic rings. The molecule has 6 nitrogen and oxygen atoms in total. The van der Waals surface area contributed by atoms with Gasteiger partial charge in [-0.2, -0.15) is 13.2 Å². The Morgan fingerprint density at radius 3 is 2.29 bits per heavy atom. The predicted molar refractivity (Wildman–Crippen MR) is 134 cm³/mol. The molecule has 0 bridgehead atoms. The highest BCUT2D eigenvalue weighted by molar-refractivity contribution is 7.91. The number of aromatic nitrogens is 1. The van der Waals surface area contributed by atoms with E-state index in [2.05, 4.69) is 36.4 Å². The highest BCUT2D eigenvalue weighted by atomic mass is 32.2. The molecule has 0 spiro atoms. The van der Waals surface area contributed by atoms with Crippen LogP contribution < -0.4 is 10.6 Å². The van der Waals surface area contributed by atoms with E-state index < -0.39 is 21.9 Å². The van der Waals surface area contributed by atoms with E-state index in [4.69, 9.17) is 4.99 Å². The van der Waals surface area contributed by atoms with Gasteiger partial charge in [-0.3, -0.25) is 9.98 Å². The van der Waals surface area contributed by atoms with Gasteiger partial charge in [-0.1, -0.05) is 20.8 Å². The van der Waals surface area contributed by atoms with Crippen LogP contribution in [-0.4, -0.2) is 56.2 Å². The molecule has 200 valence electrons. The van der Waals surface area contributed by atoms with Gasteiger partial charge in [0.15, 0.2) is 9.84 Å². The third-order valence-electron chi connectivity index (χ3n) is 6.88. The van der Waals surface area contributed by atoms with Crippen LogP contribution in [0.3, 0.4) is 0 Å². The molecule has 1 aromatic heterocycles. The van der Waals surface area contributed by atoms with E-state index >= 15 is 0 Å². The van der Waals surface area contributed by atoms with Crippen molar-refractivity contribution in [3.05, 3.63) is 24.0 Å². The third-order valence-corrected chi connectivity index (χ3v) is 8.60. The van der Waals surface area contributed by atoms with Gasteiger partial charge in [0.05, 0.1) is 28.3 Å². The van der Waals surface area contributed by atoms with Crippen LogP contribution in [0.2, 0.25) is 0 Å². The van der Waals surface area contributed by atoms with Crippen molar-refractivity contribution < 1.29 is 21.6 Å². The van der Waals surface area contributed by atoms with Gasteiger partial charge in [-0.25, -0.2) is 8.42 Å². The molecule has 2 N–H and O–H groups in total. The Morgan fingerprint density at radius 2 is 1.77 bits per heavy atom. The molecule has 35 heavy (non-hydrogen) atoms. The van der Waals surface area contributed by atoms with E-state index in [0.717, 1.165) is 12.2 Å². The summed E-state index contributed by atoms with van der Waals surface area (Å²) in [4.78, 5) is 9.19. The molecule has 1 aromatic rings. The molecule has 10 heteroatoms. The van der Waals surface area contributed by atoms with Crippen molar-refractivity contribution in [2.24, 2.45) is 22.7 Å². The smallest absolute Gasteiger partial charge is 0.311 e. The average Bonchev–Trinajstić information content (AvgIpc) is 2.81. The van der Waals surface area contributed by atoms with Crippen LogP contribution in [0.4, 0.5) is 13.2 Å². The standard InChI is InChI=1S/C25H41F3N4O2S/c1-6-35(33,34)23-12-11-22(31-16-23)15-29-18(4)13-30-19(5)24(17(2)3)32-14-20-7-9-21(10-8-20)25(26,27)28/h11-13,16-21,24,29,32H,6-10,14-15H2,1-5H3/t18?,19?,20?,21?,24-/m0/s1. The second kappa shape index (κ2) is 13.1. The number of hydrogen-bond donors (Lipinski definition) is 2. The number of pyridine rings is 1. The SMILES string of the molecule is CCS(=O)(=O)c1ccc(CNC(C)C=NC(C)[C@@H](NCC2CCC(C(F)(F)F)CC2)C(C)C)nc1. The zero-order valence-electron chi connectivity index (χ0n) is 21.5. The van der Waals surface area contributed by atoms with Crippen LogP contribution in [0.15, 0.2) is 28.2 Å². The minimum atomic E-state index is -4.07. The Morgan fingerprint density at radius 1 is 1.11 bits per heavy atom. The molecule has 0 saturated heterocycles. The topological polar surface area (TPSA) is 83.5 Å². The minimum absolute atomic E-state index is 0.0104. The summed E-state index contributed by atoms with van der Waals surface area (Å²) in [6.45, 7) is 11.1. The van der Waals surface area contributed by atoms with Crippen molar-refractivity contribution in [2.45, 2.75) is 96.0 Å². The van der Waals surface area contributed by atoms with Gasteiger partial charge in [0, 0.05) is 31.0 Å². The van der Waals surface area contributed by atoms with Crippen LogP contribution in [0.25, 0.3) is 0 Å². The molecule has 0 aromatic carbocycles. The second-order valence-corrected chi connectivity index (χ2v) is 12.3. The van der Waals surface area contributed by atoms with Crippen molar-refractivity contribution in [1.29, 1.82) is 0 Å². The summed E-state index contributed by atoms with van der Waals surface area (Å²) in [7, 11) is -3.26. The fourth-order valence-electron chi connectivity index (χ4n) is 4.50.